The van der Waals surface area contributed by atoms with Crippen LogP contribution in [0.15, 0.2) is 10.9 Å². The molecule has 1 N–H and O–H groups in total. The summed E-state index contributed by atoms with van der Waals surface area (Å²) in [5.74, 6) is -1.33. The Morgan fingerprint density at radius 3 is 2.85 bits per heavy atom. The molecule has 0 aliphatic carbocycles. The second-order valence-corrected chi connectivity index (χ2v) is 4.36. The molecule has 0 atom stereocenters. The lowest BCUT2D eigenvalue weighted by molar-refractivity contribution is -0.142. The first-order valence-corrected chi connectivity index (χ1v) is 6.39. The lowest BCUT2D eigenvalue weighted by Gasteiger charge is -2.21. The van der Waals surface area contributed by atoms with Gasteiger partial charge in [-0.1, -0.05) is 0 Å². The van der Waals surface area contributed by atoms with E-state index in [2.05, 4.69) is 5.32 Å². The fourth-order valence-corrected chi connectivity index (χ4v) is 2.11. The average molecular weight is 280 g/mol. The summed E-state index contributed by atoms with van der Waals surface area (Å²) in [6.07, 6.45) is 0.543. The Bertz CT molecular complexity index is 606. The predicted molar refractivity (Wildman–Crippen MR) is 69.3 cm³/mol. The highest BCUT2D eigenvalue weighted by atomic mass is 16.7. The van der Waals surface area contributed by atoms with Gasteiger partial charge in [0.1, 0.15) is 5.56 Å². The zero-order chi connectivity index (χ0) is 14.7. The third kappa shape index (κ3) is 2.72. The van der Waals surface area contributed by atoms with Gasteiger partial charge in [0.15, 0.2) is 0 Å². The Kier molecular flexibility index (Phi) is 4.19. The van der Waals surface area contributed by atoms with E-state index in [9.17, 15) is 14.4 Å². The lowest BCUT2D eigenvalue weighted by Crippen LogP contribution is -2.40. The van der Waals surface area contributed by atoms with Crippen LogP contribution in [0.2, 0.25) is 0 Å². The number of hydrogen-bond acceptors (Lipinski definition) is 6. The molecule has 0 fully saturated rings. The monoisotopic (exact) mass is 280 g/mol. The first kappa shape index (κ1) is 14.3. The number of carbonyl (C=O) groups is 2. The van der Waals surface area contributed by atoms with Crippen LogP contribution in [0, 0.1) is 0 Å². The molecule has 2 heterocycles. The van der Waals surface area contributed by atoms with Gasteiger partial charge in [-0.25, -0.2) is 9.59 Å². The van der Waals surface area contributed by atoms with Crippen LogP contribution in [0.5, 0.6) is 0 Å². The van der Waals surface area contributed by atoms with E-state index in [-0.39, 0.29) is 12.2 Å². The van der Waals surface area contributed by atoms with E-state index in [1.165, 1.54) is 13.0 Å². The zero-order valence-corrected chi connectivity index (χ0v) is 11.4. The fourth-order valence-electron chi connectivity index (χ4n) is 2.11. The molecule has 0 saturated carbocycles. The summed E-state index contributed by atoms with van der Waals surface area (Å²) in [7, 11) is 0. The Hall–Kier alpha value is -2.15. The highest BCUT2D eigenvalue weighted by Gasteiger charge is 2.23. The van der Waals surface area contributed by atoms with Gasteiger partial charge in [-0.3, -0.25) is 4.79 Å². The summed E-state index contributed by atoms with van der Waals surface area (Å²) in [6.45, 7) is 4.20. The van der Waals surface area contributed by atoms with Crippen LogP contribution in [-0.4, -0.2) is 29.8 Å². The van der Waals surface area contributed by atoms with Crippen molar-refractivity contribution in [2.24, 2.45) is 0 Å². The number of rotatable bonds is 3. The topological polar surface area (TPSA) is 86.6 Å². The smallest absolute Gasteiger partial charge is 0.343 e. The quantitative estimate of drug-likeness (QED) is 0.761. The summed E-state index contributed by atoms with van der Waals surface area (Å²) < 4.78 is 5.75. The molecular formula is C13H16N2O5. The molecule has 0 unspecified atom stereocenters. The van der Waals surface area contributed by atoms with Crippen LogP contribution in [0.3, 0.4) is 0 Å². The van der Waals surface area contributed by atoms with Crippen LogP contribution in [0.4, 0.5) is 0 Å². The fraction of sp³-hybridized carbons (Fsp3) is 0.462. The molecule has 0 aromatic carbocycles. The van der Waals surface area contributed by atoms with Crippen LogP contribution < -0.4 is 15.7 Å². The highest BCUT2D eigenvalue weighted by molar-refractivity contribution is 5.89. The molecule has 0 spiro atoms. The molecule has 7 nitrogen and oxygen atoms in total. The van der Waals surface area contributed by atoms with Crippen molar-refractivity contribution in [3.05, 3.63) is 33.2 Å². The molecular weight excluding hydrogens is 264 g/mol. The molecule has 108 valence electrons. The minimum atomic E-state index is -0.716. The van der Waals surface area contributed by atoms with Crippen LogP contribution in [-0.2, 0) is 22.5 Å². The third-order valence-corrected chi connectivity index (χ3v) is 2.92. The Morgan fingerprint density at radius 2 is 2.20 bits per heavy atom. The van der Waals surface area contributed by atoms with Crippen molar-refractivity contribution in [3.63, 3.8) is 0 Å². The first-order chi connectivity index (χ1) is 9.54. The van der Waals surface area contributed by atoms with E-state index >= 15 is 0 Å². The van der Waals surface area contributed by atoms with Crippen molar-refractivity contribution in [1.82, 2.24) is 10.0 Å². The van der Waals surface area contributed by atoms with Gasteiger partial charge < -0.3 is 14.9 Å². The number of aromatic nitrogens is 1. The van der Waals surface area contributed by atoms with Gasteiger partial charge in [0, 0.05) is 26.4 Å². The number of fused-ring (bicyclic) bond motifs is 1. The molecule has 1 aromatic rings. The Labute approximate surface area is 115 Å². The van der Waals surface area contributed by atoms with Crippen LogP contribution in [0.25, 0.3) is 0 Å². The van der Waals surface area contributed by atoms with Gasteiger partial charge in [0.2, 0.25) is 0 Å². The highest BCUT2D eigenvalue weighted by Crippen LogP contribution is 2.13. The maximum Gasteiger partial charge on any atom is 0.343 e. The van der Waals surface area contributed by atoms with Gasteiger partial charge in [-0.15, -0.1) is 4.73 Å². The predicted octanol–water partition coefficient (Wildman–Crippen LogP) is -0.354. The van der Waals surface area contributed by atoms with Crippen molar-refractivity contribution in [2.45, 2.75) is 26.8 Å². The molecule has 1 aliphatic heterocycles. The van der Waals surface area contributed by atoms with E-state index < -0.39 is 17.5 Å². The van der Waals surface area contributed by atoms with E-state index in [0.717, 1.165) is 10.3 Å². The summed E-state index contributed by atoms with van der Waals surface area (Å²) in [5.41, 5.74) is 0.562. The molecule has 0 amide bonds. The standard InChI is InChI=1S/C13H16N2O5/c1-3-19-13(18)10-6-9-7-14-5-4-11(9)15(12(10)17)20-8(2)16/h6,14H,3-5,7H2,1-2H3. The number of carbonyl (C=O) groups excluding carboxylic acids is 2. The molecule has 1 aliphatic rings. The number of nitrogens with one attached hydrogen (secondary N) is 1. The number of pyridine rings is 1. The number of hydrogen-bond donors (Lipinski definition) is 1. The molecule has 1 aromatic heterocycles. The number of esters is 1. The molecule has 0 bridgehead atoms. The van der Waals surface area contributed by atoms with E-state index in [0.29, 0.717) is 25.2 Å². The summed E-state index contributed by atoms with van der Waals surface area (Å²) in [6, 6.07) is 1.50. The van der Waals surface area contributed by atoms with Gasteiger partial charge >= 0.3 is 11.9 Å². The molecule has 7 heteroatoms. The Morgan fingerprint density at radius 1 is 1.45 bits per heavy atom. The van der Waals surface area contributed by atoms with Gasteiger partial charge in [0.05, 0.1) is 12.3 Å². The summed E-state index contributed by atoms with van der Waals surface area (Å²) >= 11 is 0. The maximum atomic E-state index is 12.3. The van der Waals surface area contributed by atoms with Crippen molar-refractivity contribution in [2.75, 3.05) is 13.2 Å². The second-order valence-electron chi connectivity index (χ2n) is 4.36. The molecule has 2 rings (SSSR count). The van der Waals surface area contributed by atoms with Crippen molar-refractivity contribution >= 4 is 11.9 Å². The third-order valence-electron chi connectivity index (χ3n) is 2.92. The van der Waals surface area contributed by atoms with Crippen molar-refractivity contribution in [1.29, 1.82) is 0 Å². The zero-order valence-electron chi connectivity index (χ0n) is 11.4. The minimum Gasteiger partial charge on any atom is -0.462 e. The largest absolute Gasteiger partial charge is 0.462 e. The number of ether oxygens (including phenoxy) is 1. The second kappa shape index (κ2) is 5.87. The van der Waals surface area contributed by atoms with Crippen LogP contribution >= 0.6 is 0 Å². The van der Waals surface area contributed by atoms with Gasteiger partial charge in [-0.2, -0.15) is 0 Å². The first-order valence-electron chi connectivity index (χ1n) is 6.39. The summed E-state index contributed by atoms with van der Waals surface area (Å²) in [4.78, 5) is 40.1. The molecule has 20 heavy (non-hydrogen) atoms. The lowest BCUT2D eigenvalue weighted by atomic mass is 10.0. The van der Waals surface area contributed by atoms with Gasteiger partial charge in [0.25, 0.3) is 5.56 Å². The SMILES string of the molecule is CCOC(=O)c1cc2c(n(OC(C)=O)c1=O)CCNC2. The minimum absolute atomic E-state index is 0.129. The average Bonchev–Trinajstić information content (AvgIpc) is 2.41. The molecule has 0 saturated heterocycles. The molecule has 0 radical (unpaired) electrons. The normalized spacial score (nSPS) is 13.5. The van der Waals surface area contributed by atoms with Crippen molar-refractivity contribution < 1.29 is 19.2 Å². The van der Waals surface area contributed by atoms with E-state index in [1.54, 1.807) is 6.92 Å². The van der Waals surface area contributed by atoms with E-state index in [1.807, 2.05) is 0 Å². The van der Waals surface area contributed by atoms with Crippen LogP contribution in [0.1, 0.15) is 35.5 Å². The summed E-state index contributed by atoms with van der Waals surface area (Å²) in [5, 5.41) is 3.13. The number of nitrogens with zero attached hydrogens (tertiary/aromatic N) is 1. The van der Waals surface area contributed by atoms with Crippen molar-refractivity contribution in [3.8, 4) is 0 Å². The van der Waals surface area contributed by atoms with Gasteiger partial charge in [-0.05, 0) is 18.6 Å². The maximum absolute atomic E-state index is 12.3. The van der Waals surface area contributed by atoms with E-state index in [4.69, 9.17) is 9.57 Å². The Balaban J connectivity index is 2.57.